The molecule has 9 nitrogen and oxygen atoms in total. The Morgan fingerprint density at radius 2 is 1.54 bits per heavy atom. The van der Waals surface area contributed by atoms with Crippen molar-refractivity contribution in [3.05, 3.63) is 48.0 Å². The molecular weight excluding hydrogens is 450 g/mol. The second kappa shape index (κ2) is 12.0. The van der Waals surface area contributed by atoms with Gasteiger partial charge >= 0.3 is 0 Å². The fourth-order valence-corrected chi connectivity index (χ4v) is 3.63. The van der Waals surface area contributed by atoms with Gasteiger partial charge in [0.2, 0.25) is 11.8 Å². The Labute approximate surface area is 205 Å². The Bertz CT molecular complexity index is 1130. The van der Waals surface area contributed by atoms with E-state index in [1.807, 2.05) is 43.3 Å². The molecule has 1 heterocycles. The number of aromatic amines is 1. The van der Waals surface area contributed by atoms with E-state index in [0.717, 1.165) is 16.8 Å². The summed E-state index contributed by atoms with van der Waals surface area (Å²) in [5.74, 6) is 2.72. The van der Waals surface area contributed by atoms with Crippen molar-refractivity contribution in [1.29, 1.82) is 0 Å². The molecule has 0 bridgehead atoms. The number of nitrogens with one attached hydrogen (secondary N) is 1. The van der Waals surface area contributed by atoms with Crippen molar-refractivity contribution < 1.29 is 28.5 Å². The molecule has 0 saturated carbocycles. The van der Waals surface area contributed by atoms with Gasteiger partial charge < -0.3 is 28.6 Å². The first-order valence-electron chi connectivity index (χ1n) is 11.3. The number of ether oxygens (including phenoxy) is 5. The molecule has 0 fully saturated rings. The van der Waals surface area contributed by atoms with Gasteiger partial charge in [0.15, 0.2) is 23.0 Å². The molecule has 0 saturated heterocycles. The van der Waals surface area contributed by atoms with Gasteiger partial charge in [-0.15, -0.1) is 5.10 Å². The van der Waals surface area contributed by atoms with Crippen LogP contribution in [-0.2, 0) is 11.2 Å². The molecular formula is C26H33N3O6. The molecule has 1 unspecified atom stereocenters. The van der Waals surface area contributed by atoms with Crippen molar-refractivity contribution in [2.75, 3.05) is 48.6 Å². The number of carbonyl (C=O) groups is 1. The summed E-state index contributed by atoms with van der Waals surface area (Å²) >= 11 is 0. The summed E-state index contributed by atoms with van der Waals surface area (Å²) in [5, 5.41) is 7.16. The zero-order valence-electron chi connectivity index (χ0n) is 21.1. The van der Waals surface area contributed by atoms with E-state index in [0.29, 0.717) is 41.8 Å². The highest BCUT2D eigenvalue weighted by Gasteiger charge is 2.19. The normalized spacial score (nSPS) is 11.5. The molecule has 188 valence electrons. The fraction of sp³-hybridized carbons (Fsp3) is 0.385. The van der Waals surface area contributed by atoms with Crippen LogP contribution in [0.5, 0.6) is 28.9 Å². The van der Waals surface area contributed by atoms with Crippen LogP contribution in [0.15, 0.2) is 42.5 Å². The number of rotatable bonds is 12. The lowest BCUT2D eigenvalue weighted by molar-refractivity contribution is -0.134. The maximum absolute atomic E-state index is 12.8. The average molecular weight is 484 g/mol. The minimum Gasteiger partial charge on any atom is -0.493 e. The highest BCUT2D eigenvalue weighted by Crippen LogP contribution is 2.32. The smallest absolute Gasteiger partial charge is 0.233 e. The topological polar surface area (TPSA) is 95.1 Å². The third-order valence-corrected chi connectivity index (χ3v) is 5.71. The van der Waals surface area contributed by atoms with Crippen molar-refractivity contribution in [3.8, 4) is 40.1 Å². The third-order valence-electron chi connectivity index (χ3n) is 5.71. The predicted molar refractivity (Wildman–Crippen MR) is 133 cm³/mol. The Hall–Kier alpha value is -3.88. The summed E-state index contributed by atoms with van der Waals surface area (Å²) < 4.78 is 27.0. The van der Waals surface area contributed by atoms with Crippen LogP contribution in [-0.4, -0.2) is 69.6 Å². The molecule has 35 heavy (non-hydrogen) atoms. The van der Waals surface area contributed by atoms with E-state index >= 15 is 0 Å². The van der Waals surface area contributed by atoms with Gasteiger partial charge in [-0.25, -0.2) is 0 Å². The van der Waals surface area contributed by atoms with Gasteiger partial charge in [-0.05, 0) is 42.3 Å². The van der Waals surface area contributed by atoms with Gasteiger partial charge in [-0.2, -0.15) is 0 Å². The maximum atomic E-state index is 12.8. The average Bonchev–Trinajstić information content (AvgIpc) is 3.38. The zero-order valence-corrected chi connectivity index (χ0v) is 21.1. The van der Waals surface area contributed by atoms with Crippen molar-refractivity contribution in [2.45, 2.75) is 13.3 Å². The molecule has 2 aromatic carbocycles. The first-order valence-corrected chi connectivity index (χ1v) is 11.3. The lowest BCUT2D eigenvalue weighted by atomic mass is 10.1. The molecule has 9 heteroatoms. The molecule has 0 spiro atoms. The van der Waals surface area contributed by atoms with E-state index < -0.39 is 0 Å². The van der Waals surface area contributed by atoms with Gasteiger partial charge in [0.05, 0.1) is 40.1 Å². The fourth-order valence-electron chi connectivity index (χ4n) is 3.63. The second-order valence-corrected chi connectivity index (χ2v) is 8.10. The molecule has 0 aliphatic heterocycles. The Balaban J connectivity index is 1.52. The minimum absolute atomic E-state index is 0.00104. The first kappa shape index (κ1) is 25.7. The van der Waals surface area contributed by atoms with Crippen LogP contribution in [0.25, 0.3) is 11.3 Å². The Morgan fingerprint density at radius 3 is 2.20 bits per heavy atom. The van der Waals surface area contributed by atoms with Crippen LogP contribution in [0.2, 0.25) is 0 Å². The summed E-state index contributed by atoms with van der Waals surface area (Å²) in [5.41, 5.74) is 2.71. The van der Waals surface area contributed by atoms with Crippen molar-refractivity contribution >= 4 is 5.91 Å². The minimum atomic E-state index is -0.327. The van der Waals surface area contributed by atoms with Gasteiger partial charge in [-0.3, -0.25) is 9.89 Å². The number of H-pyrrole nitrogens is 1. The number of nitrogens with zero attached hydrogens (tertiary/aromatic N) is 2. The number of likely N-dealkylation sites (N-methyl/N-ethyl adjacent to an activating group) is 1. The predicted octanol–water partition coefficient (Wildman–Crippen LogP) is 3.83. The first-order chi connectivity index (χ1) is 16.9. The van der Waals surface area contributed by atoms with Crippen LogP contribution in [0, 0.1) is 5.92 Å². The molecule has 3 aromatic rings. The number of benzene rings is 2. The quantitative estimate of drug-likeness (QED) is 0.418. The SMILES string of the molecule is COc1ccc(CCN(C)C(=O)C(C)COc2cc(-c3ccc(OC)c(OC)c3)[nH]n2)cc1OC. The van der Waals surface area contributed by atoms with Crippen LogP contribution in [0.4, 0.5) is 0 Å². The highest BCUT2D eigenvalue weighted by molar-refractivity contribution is 5.78. The van der Waals surface area contributed by atoms with Crippen LogP contribution in [0.1, 0.15) is 12.5 Å². The van der Waals surface area contributed by atoms with Crippen molar-refractivity contribution in [3.63, 3.8) is 0 Å². The summed E-state index contributed by atoms with van der Waals surface area (Å²) in [6.45, 7) is 2.64. The molecule has 0 aliphatic rings. The number of hydrogen-bond donors (Lipinski definition) is 1. The van der Waals surface area contributed by atoms with Gasteiger partial charge in [0.25, 0.3) is 0 Å². The summed E-state index contributed by atoms with van der Waals surface area (Å²) in [7, 11) is 8.19. The summed E-state index contributed by atoms with van der Waals surface area (Å²) in [4.78, 5) is 14.5. The van der Waals surface area contributed by atoms with E-state index in [2.05, 4.69) is 10.2 Å². The molecule has 3 rings (SSSR count). The molecule has 0 aliphatic carbocycles. The summed E-state index contributed by atoms with van der Waals surface area (Å²) in [6.07, 6.45) is 0.699. The lowest BCUT2D eigenvalue weighted by Crippen LogP contribution is -2.35. The number of amides is 1. The monoisotopic (exact) mass is 483 g/mol. The van der Waals surface area contributed by atoms with Crippen molar-refractivity contribution in [2.24, 2.45) is 5.92 Å². The standard InChI is InChI=1S/C26H33N3O6/c1-17(26(30)29(2)12-11-18-7-9-21(31-3)23(13-18)33-5)16-35-25-15-20(27-28-25)19-8-10-22(32-4)24(14-19)34-6/h7-10,13-15,17H,11-12,16H2,1-6H3,(H,27,28). The van der Waals surface area contributed by atoms with E-state index in [4.69, 9.17) is 23.7 Å². The number of aromatic nitrogens is 2. The lowest BCUT2D eigenvalue weighted by Gasteiger charge is -2.21. The molecule has 1 amide bonds. The highest BCUT2D eigenvalue weighted by atomic mass is 16.5. The summed E-state index contributed by atoms with van der Waals surface area (Å²) in [6, 6.07) is 13.1. The number of carbonyl (C=O) groups excluding carboxylic acids is 1. The van der Waals surface area contributed by atoms with Gasteiger partial charge in [-0.1, -0.05) is 13.0 Å². The zero-order chi connectivity index (χ0) is 25.4. The third kappa shape index (κ3) is 6.38. The van der Waals surface area contributed by atoms with Crippen LogP contribution >= 0.6 is 0 Å². The Morgan fingerprint density at radius 1 is 0.914 bits per heavy atom. The van der Waals surface area contributed by atoms with E-state index in [1.54, 1.807) is 46.5 Å². The Kier molecular flexibility index (Phi) is 8.83. The van der Waals surface area contributed by atoms with Gasteiger partial charge in [0, 0.05) is 25.2 Å². The maximum Gasteiger partial charge on any atom is 0.233 e. The van der Waals surface area contributed by atoms with E-state index in [1.165, 1.54) is 0 Å². The molecule has 1 aromatic heterocycles. The van der Waals surface area contributed by atoms with Crippen LogP contribution < -0.4 is 23.7 Å². The molecule has 0 radical (unpaired) electrons. The van der Waals surface area contributed by atoms with Crippen molar-refractivity contribution in [1.82, 2.24) is 15.1 Å². The van der Waals surface area contributed by atoms with Crippen LogP contribution in [0.3, 0.4) is 0 Å². The molecule has 1 N–H and O–H groups in total. The van der Waals surface area contributed by atoms with E-state index in [9.17, 15) is 4.79 Å². The second-order valence-electron chi connectivity index (χ2n) is 8.10. The van der Waals surface area contributed by atoms with E-state index in [-0.39, 0.29) is 18.4 Å². The largest absolute Gasteiger partial charge is 0.493 e. The number of hydrogen-bond acceptors (Lipinski definition) is 7. The molecule has 1 atom stereocenters. The number of methoxy groups -OCH3 is 4. The van der Waals surface area contributed by atoms with Gasteiger partial charge in [0.1, 0.15) is 6.61 Å².